The van der Waals surface area contributed by atoms with Crippen LogP contribution >= 0.6 is 11.8 Å². The summed E-state index contributed by atoms with van der Waals surface area (Å²) in [7, 11) is 0. The highest BCUT2D eigenvalue weighted by Gasteiger charge is 2.17. The van der Waals surface area contributed by atoms with Gasteiger partial charge in [-0.05, 0) is 38.3 Å². The zero-order chi connectivity index (χ0) is 13.4. The fourth-order valence-corrected chi connectivity index (χ4v) is 2.31. The molecule has 1 rings (SSSR count). The average Bonchev–Trinajstić information content (AvgIpc) is 2.38. The summed E-state index contributed by atoms with van der Waals surface area (Å²) < 4.78 is 0. The van der Waals surface area contributed by atoms with Crippen molar-refractivity contribution in [1.82, 2.24) is 5.32 Å². The number of nitro groups is 1. The van der Waals surface area contributed by atoms with E-state index in [9.17, 15) is 10.1 Å². The van der Waals surface area contributed by atoms with E-state index in [0.717, 1.165) is 18.5 Å². The van der Waals surface area contributed by atoms with Crippen molar-refractivity contribution in [3.8, 4) is 0 Å². The Kier molecular flexibility index (Phi) is 6.75. The molecule has 0 saturated carbocycles. The van der Waals surface area contributed by atoms with Crippen LogP contribution < -0.4 is 5.32 Å². The average molecular weight is 268 g/mol. The first-order valence-electron chi connectivity index (χ1n) is 6.12. The quantitative estimate of drug-likeness (QED) is 0.446. The van der Waals surface area contributed by atoms with Gasteiger partial charge in [0.2, 0.25) is 0 Å². The zero-order valence-corrected chi connectivity index (χ0v) is 11.7. The number of nitro benzene ring substituents is 1. The number of hydrogen-bond donors (Lipinski definition) is 1. The second kappa shape index (κ2) is 8.11. The molecule has 0 aliphatic rings. The number of benzene rings is 1. The lowest BCUT2D eigenvalue weighted by molar-refractivity contribution is -0.385. The Morgan fingerprint density at radius 3 is 2.78 bits per heavy atom. The van der Waals surface area contributed by atoms with Crippen molar-refractivity contribution in [1.29, 1.82) is 0 Å². The monoisotopic (exact) mass is 268 g/mol. The Morgan fingerprint density at radius 2 is 2.11 bits per heavy atom. The van der Waals surface area contributed by atoms with Crippen molar-refractivity contribution >= 4 is 17.4 Å². The smallest absolute Gasteiger partial charge is 0.274 e. The van der Waals surface area contributed by atoms with Crippen molar-refractivity contribution in [2.45, 2.75) is 25.8 Å². The summed E-state index contributed by atoms with van der Waals surface area (Å²) in [5.74, 6) is 1.17. The number of nitrogens with zero attached hydrogens (tertiary/aromatic N) is 1. The van der Waals surface area contributed by atoms with Crippen molar-refractivity contribution in [3.05, 3.63) is 39.9 Å². The molecule has 0 saturated heterocycles. The lowest BCUT2D eigenvalue weighted by atomic mass is 10.1. The normalized spacial score (nSPS) is 12.3. The number of thioether (sulfide) groups is 1. The molecule has 18 heavy (non-hydrogen) atoms. The molecule has 0 aliphatic heterocycles. The molecule has 1 unspecified atom stereocenters. The molecular weight excluding hydrogens is 248 g/mol. The Labute approximate surface area is 112 Å². The summed E-state index contributed by atoms with van der Waals surface area (Å²) in [5.41, 5.74) is 0.953. The molecule has 1 atom stereocenters. The van der Waals surface area contributed by atoms with Crippen LogP contribution in [-0.4, -0.2) is 23.5 Å². The Bertz CT molecular complexity index is 385. The van der Waals surface area contributed by atoms with Crippen molar-refractivity contribution in [3.63, 3.8) is 0 Å². The van der Waals surface area contributed by atoms with Gasteiger partial charge in [0, 0.05) is 17.7 Å². The Morgan fingerprint density at radius 1 is 1.39 bits per heavy atom. The summed E-state index contributed by atoms with van der Waals surface area (Å²) >= 11 is 1.85. The van der Waals surface area contributed by atoms with E-state index >= 15 is 0 Å². The van der Waals surface area contributed by atoms with Gasteiger partial charge in [-0.2, -0.15) is 11.8 Å². The van der Waals surface area contributed by atoms with Gasteiger partial charge in [-0.25, -0.2) is 0 Å². The highest BCUT2D eigenvalue weighted by molar-refractivity contribution is 7.98. The summed E-state index contributed by atoms with van der Waals surface area (Å²) in [6.45, 7) is 2.87. The first kappa shape index (κ1) is 15.0. The fraction of sp³-hybridized carbons (Fsp3) is 0.538. The molecule has 1 aromatic rings. The van der Waals surface area contributed by atoms with Gasteiger partial charge in [-0.3, -0.25) is 10.1 Å². The molecule has 0 bridgehead atoms. The van der Waals surface area contributed by atoms with Gasteiger partial charge in [-0.1, -0.05) is 18.2 Å². The van der Waals surface area contributed by atoms with Gasteiger partial charge in [-0.15, -0.1) is 0 Å². The lowest BCUT2D eigenvalue weighted by Gasteiger charge is -2.14. The van der Waals surface area contributed by atoms with Crippen molar-refractivity contribution in [2.24, 2.45) is 0 Å². The van der Waals surface area contributed by atoms with E-state index in [-0.39, 0.29) is 16.7 Å². The number of hydrogen-bond acceptors (Lipinski definition) is 4. The summed E-state index contributed by atoms with van der Waals surface area (Å²) in [5, 5.41) is 14.3. The SMILES string of the molecule is CSCCCCNC(C)c1ccccc1[N+](=O)[O-]. The minimum atomic E-state index is -0.318. The zero-order valence-electron chi connectivity index (χ0n) is 10.9. The second-order valence-electron chi connectivity index (χ2n) is 4.19. The van der Waals surface area contributed by atoms with Gasteiger partial charge in [0.15, 0.2) is 0 Å². The largest absolute Gasteiger partial charge is 0.310 e. The maximum Gasteiger partial charge on any atom is 0.274 e. The molecule has 0 heterocycles. The minimum Gasteiger partial charge on any atom is -0.310 e. The standard InChI is InChI=1S/C13H20N2O2S/c1-11(14-9-5-6-10-18-2)12-7-3-4-8-13(12)15(16)17/h3-4,7-8,11,14H,5-6,9-10H2,1-2H3. The molecule has 0 aliphatic carbocycles. The van der Waals surface area contributed by atoms with Crippen LogP contribution in [0.3, 0.4) is 0 Å². The van der Waals surface area contributed by atoms with Crippen LogP contribution in [0.4, 0.5) is 5.69 Å². The summed E-state index contributed by atoms with van der Waals surface area (Å²) in [4.78, 5) is 10.6. The number of rotatable bonds is 8. The molecule has 0 amide bonds. The van der Waals surface area contributed by atoms with Crippen LogP contribution in [-0.2, 0) is 0 Å². The van der Waals surface area contributed by atoms with Crippen LogP contribution in [0.15, 0.2) is 24.3 Å². The molecule has 0 spiro atoms. The molecule has 1 aromatic carbocycles. The minimum absolute atomic E-state index is 0.0147. The van der Waals surface area contributed by atoms with E-state index in [2.05, 4.69) is 11.6 Å². The maximum atomic E-state index is 10.9. The van der Waals surface area contributed by atoms with Crippen molar-refractivity contribution in [2.75, 3.05) is 18.6 Å². The summed E-state index contributed by atoms with van der Waals surface area (Å²) in [6.07, 6.45) is 4.38. The van der Waals surface area contributed by atoms with E-state index in [0.29, 0.717) is 0 Å². The van der Waals surface area contributed by atoms with Crippen molar-refractivity contribution < 1.29 is 4.92 Å². The van der Waals surface area contributed by atoms with Crippen LogP contribution in [0.5, 0.6) is 0 Å². The fourth-order valence-electron chi connectivity index (χ4n) is 1.82. The van der Waals surface area contributed by atoms with E-state index < -0.39 is 0 Å². The predicted octanol–water partition coefficient (Wildman–Crippen LogP) is 3.39. The van der Waals surface area contributed by atoms with E-state index in [1.54, 1.807) is 12.1 Å². The number of para-hydroxylation sites is 1. The second-order valence-corrected chi connectivity index (χ2v) is 5.18. The van der Waals surface area contributed by atoms with Gasteiger partial charge in [0.1, 0.15) is 0 Å². The topological polar surface area (TPSA) is 55.2 Å². The van der Waals surface area contributed by atoms with Gasteiger partial charge in [0.25, 0.3) is 5.69 Å². The van der Waals surface area contributed by atoms with Crippen LogP contribution in [0.2, 0.25) is 0 Å². The van der Waals surface area contributed by atoms with E-state index in [1.807, 2.05) is 30.8 Å². The summed E-state index contributed by atoms with van der Waals surface area (Å²) in [6, 6.07) is 6.93. The molecule has 100 valence electrons. The molecule has 0 aromatic heterocycles. The van der Waals surface area contributed by atoms with Gasteiger partial charge < -0.3 is 5.32 Å². The Hall–Kier alpha value is -1.07. The third-order valence-electron chi connectivity index (χ3n) is 2.83. The van der Waals surface area contributed by atoms with E-state index in [4.69, 9.17) is 0 Å². The molecular formula is C13H20N2O2S. The molecule has 4 nitrogen and oxygen atoms in total. The highest BCUT2D eigenvalue weighted by atomic mass is 32.2. The number of unbranched alkanes of at least 4 members (excludes halogenated alkanes) is 1. The van der Waals surface area contributed by atoms with Gasteiger partial charge in [0.05, 0.1) is 4.92 Å². The first-order chi connectivity index (χ1) is 8.66. The predicted molar refractivity (Wildman–Crippen MR) is 77.1 cm³/mol. The number of nitrogens with one attached hydrogen (secondary N) is 1. The maximum absolute atomic E-state index is 10.9. The van der Waals surface area contributed by atoms with Crippen LogP contribution in [0, 0.1) is 10.1 Å². The third-order valence-corrected chi connectivity index (χ3v) is 3.52. The Balaban J connectivity index is 2.51. The molecule has 1 N–H and O–H groups in total. The highest BCUT2D eigenvalue weighted by Crippen LogP contribution is 2.24. The first-order valence-corrected chi connectivity index (χ1v) is 7.52. The van der Waals surface area contributed by atoms with Crippen LogP contribution in [0.1, 0.15) is 31.4 Å². The molecule has 0 radical (unpaired) electrons. The van der Waals surface area contributed by atoms with Gasteiger partial charge >= 0.3 is 0 Å². The third kappa shape index (κ3) is 4.66. The van der Waals surface area contributed by atoms with Crippen LogP contribution in [0.25, 0.3) is 0 Å². The molecule has 5 heteroatoms. The molecule has 0 fully saturated rings. The van der Waals surface area contributed by atoms with E-state index in [1.165, 1.54) is 12.2 Å². The lowest BCUT2D eigenvalue weighted by Crippen LogP contribution is -2.20.